The van der Waals surface area contributed by atoms with Gasteiger partial charge in [0.25, 0.3) is 0 Å². The number of aromatic nitrogens is 1. The van der Waals surface area contributed by atoms with Gasteiger partial charge in [-0.05, 0) is 36.4 Å². The smallest absolute Gasteiger partial charge is 0.130 e. The number of halogens is 1. The maximum Gasteiger partial charge on any atom is 0.130 e. The number of hydrogen-bond donors (Lipinski definition) is 1. The molecule has 4 heteroatoms. The molecule has 0 atom stereocenters. The molecule has 2 aromatic carbocycles. The van der Waals surface area contributed by atoms with Gasteiger partial charge in [0.15, 0.2) is 0 Å². The molecule has 0 saturated carbocycles. The summed E-state index contributed by atoms with van der Waals surface area (Å²) in [5.74, 6) is 2.30. The van der Waals surface area contributed by atoms with Crippen molar-refractivity contribution in [2.75, 3.05) is 5.32 Å². The number of rotatable bonds is 4. The number of anilines is 2. The normalized spacial score (nSPS) is 10.1. The fraction of sp³-hybridized carbons (Fsp3) is 0. The Labute approximate surface area is 128 Å². The van der Waals surface area contributed by atoms with Crippen LogP contribution in [0.3, 0.4) is 0 Å². The Balaban J connectivity index is 1.75. The first-order valence-electron chi connectivity index (χ1n) is 6.51. The van der Waals surface area contributed by atoms with E-state index >= 15 is 0 Å². The zero-order valence-electron chi connectivity index (χ0n) is 11.2. The van der Waals surface area contributed by atoms with Gasteiger partial charge in [0.05, 0.1) is 5.02 Å². The lowest BCUT2D eigenvalue weighted by Gasteiger charge is -2.09. The lowest BCUT2D eigenvalue weighted by Crippen LogP contribution is -1.93. The molecule has 3 nitrogen and oxygen atoms in total. The molecule has 1 N–H and O–H groups in total. The van der Waals surface area contributed by atoms with E-state index in [-0.39, 0.29) is 0 Å². The van der Waals surface area contributed by atoms with Crippen LogP contribution in [0.25, 0.3) is 0 Å². The maximum absolute atomic E-state index is 5.82. The maximum atomic E-state index is 5.82. The summed E-state index contributed by atoms with van der Waals surface area (Å²) in [6.45, 7) is 0. The molecule has 1 heterocycles. The van der Waals surface area contributed by atoms with E-state index in [1.54, 1.807) is 12.3 Å². The van der Waals surface area contributed by atoms with Gasteiger partial charge in [-0.25, -0.2) is 4.98 Å². The predicted octanol–water partition coefficient (Wildman–Crippen LogP) is 5.27. The van der Waals surface area contributed by atoms with Crippen LogP contribution in [0.2, 0.25) is 5.02 Å². The minimum atomic E-state index is 0.613. The quantitative estimate of drug-likeness (QED) is 0.712. The standard InChI is InChI=1S/C17H13ClN2O/c18-13-9-10-17(19-12-13)20-14-5-4-8-16(11-14)21-15-6-2-1-3-7-15/h1-12H,(H,19,20). The van der Waals surface area contributed by atoms with Gasteiger partial charge in [-0.1, -0.05) is 35.9 Å². The summed E-state index contributed by atoms with van der Waals surface area (Å²) in [4.78, 5) is 4.20. The van der Waals surface area contributed by atoms with Crippen LogP contribution in [-0.2, 0) is 0 Å². The van der Waals surface area contributed by atoms with E-state index in [4.69, 9.17) is 16.3 Å². The van der Waals surface area contributed by atoms with Crippen molar-refractivity contribution < 1.29 is 4.74 Å². The molecule has 0 fully saturated rings. The molecule has 3 rings (SSSR count). The van der Waals surface area contributed by atoms with Crippen LogP contribution in [0.15, 0.2) is 72.9 Å². The van der Waals surface area contributed by atoms with E-state index in [9.17, 15) is 0 Å². The van der Waals surface area contributed by atoms with Crippen LogP contribution in [0.4, 0.5) is 11.5 Å². The largest absolute Gasteiger partial charge is 0.457 e. The number of ether oxygens (including phenoxy) is 1. The average molecular weight is 297 g/mol. The Kier molecular flexibility index (Phi) is 4.03. The van der Waals surface area contributed by atoms with Gasteiger partial charge in [0, 0.05) is 18.0 Å². The molecule has 0 amide bonds. The Morgan fingerprint density at radius 1 is 0.857 bits per heavy atom. The molecule has 0 radical (unpaired) electrons. The summed E-state index contributed by atoms with van der Waals surface area (Å²) in [6.07, 6.45) is 1.61. The first-order valence-corrected chi connectivity index (χ1v) is 6.89. The molecule has 0 spiro atoms. The Morgan fingerprint density at radius 2 is 1.67 bits per heavy atom. The van der Waals surface area contributed by atoms with Crippen LogP contribution in [0.5, 0.6) is 11.5 Å². The van der Waals surface area contributed by atoms with Crippen molar-refractivity contribution in [1.82, 2.24) is 4.98 Å². The summed E-state index contributed by atoms with van der Waals surface area (Å²) < 4.78 is 5.79. The zero-order valence-corrected chi connectivity index (χ0v) is 11.9. The SMILES string of the molecule is Clc1ccc(Nc2cccc(Oc3ccccc3)c2)nc1. The fourth-order valence-electron chi connectivity index (χ4n) is 1.86. The molecule has 3 aromatic rings. The van der Waals surface area contributed by atoms with Crippen LogP contribution < -0.4 is 10.1 Å². The Morgan fingerprint density at radius 3 is 2.43 bits per heavy atom. The highest BCUT2D eigenvalue weighted by molar-refractivity contribution is 6.30. The Hall–Kier alpha value is -2.52. The van der Waals surface area contributed by atoms with Crippen molar-refractivity contribution in [2.45, 2.75) is 0 Å². The van der Waals surface area contributed by atoms with Crippen LogP contribution >= 0.6 is 11.6 Å². The van der Waals surface area contributed by atoms with E-state index in [2.05, 4.69) is 10.3 Å². The molecule has 21 heavy (non-hydrogen) atoms. The number of benzene rings is 2. The Bertz CT molecular complexity index is 714. The highest BCUT2D eigenvalue weighted by Gasteiger charge is 2.00. The first kappa shape index (κ1) is 13.5. The topological polar surface area (TPSA) is 34.1 Å². The van der Waals surface area contributed by atoms with Crippen LogP contribution in [-0.4, -0.2) is 4.98 Å². The van der Waals surface area contributed by atoms with Gasteiger partial charge >= 0.3 is 0 Å². The highest BCUT2D eigenvalue weighted by Crippen LogP contribution is 2.25. The summed E-state index contributed by atoms with van der Waals surface area (Å²) in [5.41, 5.74) is 0.901. The monoisotopic (exact) mass is 296 g/mol. The number of nitrogens with zero attached hydrogens (tertiary/aromatic N) is 1. The van der Waals surface area contributed by atoms with Crippen LogP contribution in [0, 0.1) is 0 Å². The molecule has 0 saturated heterocycles. The molecule has 0 unspecified atom stereocenters. The number of hydrogen-bond acceptors (Lipinski definition) is 3. The predicted molar refractivity (Wildman–Crippen MR) is 85.5 cm³/mol. The van der Waals surface area contributed by atoms with Crippen molar-refractivity contribution >= 4 is 23.1 Å². The third-order valence-corrected chi connectivity index (χ3v) is 3.04. The first-order chi connectivity index (χ1) is 10.3. The third-order valence-electron chi connectivity index (χ3n) is 2.81. The van der Waals surface area contributed by atoms with Crippen molar-refractivity contribution in [2.24, 2.45) is 0 Å². The summed E-state index contributed by atoms with van der Waals surface area (Å²) in [6, 6.07) is 21.0. The number of nitrogens with one attached hydrogen (secondary N) is 1. The fourth-order valence-corrected chi connectivity index (χ4v) is 1.97. The molecule has 1 aromatic heterocycles. The number of pyridine rings is 1. The summed E-state index contributed by atoms with van der Waals surface area (Å²) in [7, 11) is 0. The third kappa shape index (κ3) is 3.74. The summed E-state index contributed by atoms with van der Waals surface area (Å²) in [5, 5.41) is 3.82. The molecule has 0 aliphatic carbocycles. The molecule has 0 aliphatic rings. The molecule has 0 aliphatic heterocycles. The second-order valence-electron chi connectivity index (χ2n) is 4.43. The molecular weight excluding hydrogens is 284 g/mol. The van der Waals surface area contributed by atoms with Crippen molar-refractivity contribution in [3.63, 3.8) is 0 Å². The van der Waals surface area contributed by atoms with Gasteiger partial charge in [-0.3, -0.25) is 0 Å². The zero-order chi connectivity index (χ0) is 14.5. The van der Waals surface area contributed by atoms with Crippen LogP contribution in [0.1, 0.15) is 0 Å². The second-order valence-corrected chi connectivity index (χ2v) is 4.87. The van der Waals surface area contributed by atoms with E-state index < -0.39 is 0 Å². The lowest BCUT2D eigenvalue weighted by molar-refractivity contribution is 0.483. The van der Waals surface area contributed by atoms with Gasteiger partial charge < -0.3 is 10.1 Å². The molecule has 0 bridgehead atoms. The highest BCUT2D eigenvalue weighted by atomic mass is 35.5. The van der Waals surface area contributed by atoms with E-state index in [0.717, 1.165) is 23.0 Å². The van der Waals surface area contributed by atoms with Gasteiger partial charge in [0.2, 0.25) is 0 Å². The molecular formula is C17H13ClN2O. The van der Waals surface area contributed by atoms with Crippen molar-refractivity contribution in [3.05, 3.63) is 77.9 Å². The van der Waals surface area contributed by atoms with Gasteiger partial charge in [-0.15, -0.1) is 0 Å². The van der Waals surface area contributed by atoms with E-state index in [1.807, 2.05) is 60.7 Å². The summed E-state index contributed by atoms with van der Waals surface area (Å²) >= 11 is 5.82. The minimum Gasteiger partial charge on any atom is -0.457 e. The minimum absolute atomic E-state index is 0.613. The average Bonchev–Trinajstić information content (AvgIpc) is 2.51. The van der Waals surface area contributed by atoms with E-state index in [0.29, 0.717) is 5.02 Å². The van der Waals surface area contributed by atoms with E-state index in [1.165, 1.54) is 0 Å². The van der Waals surface area contributed by atoms with Gasteiger partial charge in [-0.2, -0.15) is 0 Å². The van der Waals surface area contributed by atoms with Crippen molar-refractivity contribution in [1.29, 1.82) is 0 Å². The van der Waals surface area contributed by atoms with Gasteiger partial charge in [0.1, 0.15) is 17.3 Å². The molecule has 104 valence electrons. The lowest BCUT2D eigenvalue weighted by atomic mass is 10.3. The second kappa shape index (κ2) is 6.29. The van der Waals surface area contributed by atoms with Crippen molar-refractivity contribution in [3.8, 4) is 11.5 Å². The number of para-hydroxylation sites is 1.